The van der Waals surface area contributed by atoms with Crippen LogP contribution in [0.5, 0.6) is 0 Å². The highest BCUT2D eigenvalue weighted by Crippen LogP contribution is 2.28. The number of halogens is 1. The van der Waals surface area contributed by atoms with E-state index in [0.29, 0.717) is 16.9 Å². The van der Waals surface area contributed by atoms with Crippen molar-refractivity contribution in [3.05, 3.63) is 72.2 Å². The van der Waals surface area contributed by atoms with E-state index in [9.17, 15) is 9.18 Å². The van der Waals surface area contributed by atoms with E-state index >= 15 is 0 Å². The van der Waals surface area contributed by atoms with Gasteiger partial charge in [-0.15, -0.1) is 10.2 Å². The number of hydrogen-bond donors (Lipinski definition) is 1. The minimum Gasteiger partial charge on any atom is -0.338 e. The molecule has 0 aliphatic heterocycles. The van der Waals surface area contributed by atoms with Crippen LogP contribution in [0.3, 0.4) is 0 Å². The van der Waals surface area contributed by atoms with Gasteiger partial charge in [-0.25, -0.2) is 4.39 Å². The standard InChI is InChI=1S/C22H20FN5O2S/c1-14(2)18-12-20(30-27-18)24-19(29)13-31-22-26-25-21(15-8-10-16(23)11-9-15)28(22)17-6-4-3-5-7-17/h3-12,14H,13H2,1-2H3,(H,24,29). The maximum Gasteiger partial charge on any atom is 0.237 e. The van der Waals surface area contributed by atoms with Crippen LogP contribution < -0.4 is 5.32 Å². The molecule has 1 amide bonds. The van der Waals surface area contributed by atoms with E-state index in [2.05, 4.69) is 20.7 Å². The lowest BCUT2D eigenvalue weighted by atomic mass is 10.1. The Morgan fingerprint density at radius 2 is 1.87 bits per heavy atom. The van der Waals surface area contributed by atoms with Gasteiger partial charge in [-0.1, -0.05) is 49.0 Å². The first kappa shape index (κ1) is 20.8. The lowest BCUT2D eigenvalue weighted by Crippen LogP contribution is -2.14. The molecule has 2 aromatic carbocycles. The second-order valence-corrected chi connectivity index (χ2v) is 8.03. The maximum atomic E-state index is 13.4. The highest BCUT2D eigenvalue weighted by molar-refractivity contribution is 7.99. The van der Waals surface area contributed by atoms with Gasteiger partial charge in [0.2, 0.25) is 11.8 Å². The normalized spacial score (nSPS) is 11.1. The van der Waals surface area contributed by atoms with Crippen molar-refractivity contribution in [3.8, 4) is 17.1 Å². The number of nitrogens with zero attached hydrogens (tertiary/aromatic N) is 4. The number of rotatable bonds is 7. The molecule has 158 valence electrons. The summed E-state index contributed by atoms with van der Waals surface area (Å²) >= 11 is 1.24. The van der Waals surface area contributed by atoms with Gasteiger partial charge in [0.15, 0.2) is 11.0 Å². The Balaban J connectivity index is 1.55. The number of thioether (sulfide) groups is 1. The Morgan fingerprint density at radius 3 is 2.55 bits per heavy atom. The Hall–Kier alpha value is -3.46. The predicted octanol–water partition coefficient (Wildman–Crippen LogP) is 4.92. The molecule has 0 radical (unpaired) electrons. The van der Waals surface area contributed by atoms with Gasteiger partial charge < -0.3 is 4.52 Å². The molecule has 0 bridgehead atoms. The van der Waals surface area contributed by atoms with Crippen molar-refractivity contribution in [2.75, 3.05) is 11.1 Å². The van der Waals surface area contributed by atoms with E-state index in [1.807, 2.05) is 48.7 Å². The van der Waals surface area contributed by atoms with Gasteiger partial charge in [0, 0.05) is 17.3 Å². The van der Waals surface area contributed by atoms with Crippen LogP contribution in [0.1, 0.15) is 25.5 Å². The van der Waals surface area contributed by atoms with Crippen LogP contribution in [0.2, 0.25) is 0 Å². The topological polar surface area (TPSA) is 85.8 Å². The molecule has 0 unspecified atom stereocenters. The zero-order valence-corrected chi connectivity index (χ0v) is 17.8. The molecule has 0 fully saturated rings. The van der Waals surface area contributed by atoms with Crippen molar-refractivity contribution in [1.82, 2.24) is 19.9 Å². The second-order valence-electron chi connectivity index (χ2n) is 7.09. The average Bonchev–Trinajstić information content (AvgIpc) is 3.41. The van der Waals surface area contributed by atoms with Crippen molar-refractivity contribution in [2.45, 2.75) is 24.9 Å². The number of para-hydroxylation sites is 1. The molecule has 4 aromatic rings. The lowest BCUT2D eigenvalue weighted by molar-refractivity contribution is -0.113. The number of aromatic nitrogens is 4. The van der Waals surface area contributed by atoms with Crippen LogP contribution in [0.25, 0.3) is 17.1 Å². The minimum absolute atomic E-state index is 0.103. The largest absolute Gasteiger partial charge is 0.338 e. The van der Waals surface area contributed by atoms with Gasteiger partial charge in [0.1, 0.15) is 5.82 Å². The van der Waals surface area contributed by atoms with Crippen LogP contribution in [0.15, 0.2) is 70.3 Å². The molecule has 2 aromatic heterocycles. The van der Waals surface area contributed by atoms with Gasteiger partial charge in [-0.2, -0.15) is 0 Å². The molecular formula is C22H20FN5O2S. The predicted molar refractivity (Wildman–Crippen MR) is 117 cm³/mol. The van der Waals surface area contributed by atoms with E-state index in [4.69, 9.17) is 4.52 Å². The number of anilines is 1. The molecule has 9 heteroatoms. The lowest BCUT2D eigenvalue weighted by Gasteiger charge is -2.10. The van der Waals surface area contributed by atoms with Crippen LogP contribution in [0, 0.1) is 5.82 Å². The quantitative estimate of drug-likeness (QED) is 0.413. The molecule has 0 atom stereocenters. The summed E-state index contributed by atoms with van der Waals surface area (Å²) in [4.78, 5) is 12.4. The van der Waals surface area contributed by atoms with E-state index in [0.717, 1.165) is 16.9 Å². The molecule has 0 aliphatic rings. The fourth-order valence-electron chi connectivity index (χ4n) is 2.88. The van der Waals surface area contributed by atoms with Crippen molar-refractivity contribution in [3.63, 3.8) is 0 Å². The number of carbonyl (C=O) groups is 1. The third-order valence-electron chi connectivity index (χ3n) is 4.47. The number of benzene rings is 2. The maximum absolute atomic E-state index is 13.4. The van der Waals surface area contributed by atoms with Crippen molar-refractivity contribution in [2.24, 2.45) is 0 Å². The second kappa shape index (κ2) is 9.13. The van der Waals surface area contributed by atoms with Gasteiger partial charge in [0.05, 0.1) is 11.4 Å². The Bertz CT molecular complexity index is 1170. The highest BCUT2D eigenvalue weighted by atomic mass is 32.2. The minimum atomic E-state index is -0.325. The number of hydrogen-bond acceptors (Lipinski definition) is 6. The molecule has 0 aliphatic carbocycles. The summed E-state index contributed by atoms with van der Waals surface area (Å²) in [6, 6.07) is 17.3. The molecule has 0 spiro atoms. The molecule has 31 heavy (non-hydrogen) atoms. The molecule has 2 heterocycles. The summed E-state index contributed by atoms with van der Waals surface area (Å²) < 4.78 is 20.4. The van der Waals surface area contributed by atoms with E-state index < -0.39 is 0 Å². The molecular weight excluding hydrogens is 417 g/mol. The molecule has 7 nitrogen and oxygen atoms in total. The first-order chi connectivity index (χ1) is 15.0. The molecule has 0 saturated carbocycles. The average molecular weight is 438 g/mol. The van der Waals surface area contributed by atoms with Gasteiger partial charge in [-0.3, -0.25) is 14.7 Å². The summed E-state index contributed by atoms with van der Waals surface area (Å²) in [5, 5.41) is 15.7. The van der Waals surface area contributed by atoms with Crippen LogP contribution in [-0.2, 0) is 4.79 Å². The Kier molecular flexibility index (Phi) is 6.13. The van der Waals surface area contributed by atoms with Gasteiger partial charge in [-0.05, 0) is 42.3 Å². The monoisotopic (exact) mass is 437 g/mol. The van der Waals surface area contributed by atoms with Crippen LogP contribution >= 0.6 is 11.8 Å². The fourth-order valence-corrected chi connectivity index (χ4v) is 3.63. The van der Waals surface area contributed by atoms with Gasteiger partial charge in [0.25, 0.3) is 0 Å². The smallest absolute Gasteiger partial charge is 0.237 e. The van der Waals surface area contributed by atoms with Crippen LogP contribution in [0.4, 0.5) is 10.3 Å². The zero-order chi connectivity index (χ0) is 21.8. The fraction of sp³-hybridized carbons (Fsp3) is 0.182. The first-order valence-corrected chi connectivity index (χ1v) is 10.7. The van der Waals surface area contributed by atoms with Crippen molar-refractivity contribution < 1.29 is 13.7 Å². The molecule has 4 rings (SSSR count). The van der Waals surface area contributed by atoms with E-state index in [1.54, 1.807) is 18.2 Å². The SMILES string of the molecule is CC(C)c1cc(NC(=O)CSc2nnc(-c3ccc(F)cc3)n2-c2ccccc2)on1. The number of nitrogens with one attached hydrogen (secondary N) is 1. The van der Waals surface area contributed by atoms with Crippen LogP contribution in [-0.4, -0.2) is 31.6 Å². The molecule has 0 saturated heterocycles. The van der Waals surface area contributed by atoms with E-state index in [-0.39, 0.29) is 23.4 Å². The Labute approximate surface area is 182 Å². The van der Waals surface area contributed by atoms with Crippen molar-refractivity contribution >= 4 is 23.6 Å². The third kappa shape index (κ3) is 4.83. The van der Waals surface area contributed by atoms with E-state index in [1.165, 1.54) is 23.9 Å². The summed E-state index contributed by atoms with van der Waals surface area (Å²) in [5.41, 5.74) is 2.33. The number of carbonyl (C=O) groups excluding carboxylic acids is 1. The summed E-state index contributed by atoms with van der Waals surface area (Å²) in [6.45, 7) is 3.99. The summed E-state index contributed by atoms with van der Waals surface area (Å²) in [5.74, 6) is 0.609. The zero-order valence-electron chi connectivity index (χ0n) is 16.9. The third-order valence-corrected chi connectivity index (χ3v) is 5.39. The Morgan fingerprint density at radius 1 is 1.13 bits per heavy atom. The van der Waals surface area contributed by atoms with Gasteiger partial charge >= 0.3 is 0 Å². The van der Waals surface area contributed by atoms with Crippen molar-refractivity contribution in [1.29, 1.82) is 0 Å². The number of amides is 1. The molecule has 1 N–H and O–H groups in total. The highest BCUT2D eigenvalue weighted by Gasteiger charge is 2.18. The summed E-state index contributed by atoms with van der Waals surface area (Å²) in [6.07, 6.45) is 0. The summed E-state index contributed by atoms with van der Waals surface area (Å²) in [7, 11) is 0. The first-order valence-electron chi connectivity index (χ1n) is 9.67.